The third-order valence-corrected chi connectivity index (χ3v) is 2.28. The van der Waals surface area contributed by atoms with E-state index in [4.69, 9.17) is 11.6 Å². The maximum Gasteiger partial charge on any atom is 0.416 e. The first-order valence-electron chi connectivity index (χ1n) is 4.22. The van der Waals surface area contributed by atoms with Crippen LogP contribution in [0.5, 0.6) is 0 Å². The third kappa shape index (κ3) is 2.86. The predicted molar refractivity (Wildman–Crippen MR) is 51.7 cm³/mol. The summed E-state index contributed by atoms with van der Waals surface area (Å²) in [4.78, 5) is 0. The van der Waals surface area contributed by atoms with Crippen LogP contribution >= 0.6 is 11.6 Å². The summed E-state index contributed by atoms with van der Waals surface area (Å²) in [5.41, 5.74) is -2.14. The quantitative estimate of drug-likeness (QED) is 0.793. The zero-order valence-corrected chi connectivity index (χ0v) is 8.95. The van der Waals surface area contributed by atoms with E-state index in [-0.39, 0.29) is 10.6 Å². The zero-order valence-electron chi connectivity index (χ0n) is 8.19. The van der Waals surface area contributed by atoms with Crippen LogP contribution in [-0.2, 0) is 11.8 Å². The van der Waals surface area contributed by atoms with E-state index in [1.807, 2.05) is 0 Å². The van der Waals surface area contributed by atoms with Crippen LogP contribution in [0.15, 0.2) is 18.2 Å². The van der Waals surface area contributed by atoms with E-state index in [0.29, 0.717) is 0 Å². The number of hydrogen-bond acceptors (Lipinski definition) is 1. The van der Waals surface area contributed by atoms with Crippen LogP contribution in [0.1, 0.15) is 25.0 Å². The first-order chi connectivity index (χ1) is 6.62. The maximum atomic E-state index is 12.4. The topological polar surface area (TPSA) is 20.2 Å². The van der Waals surface area contributed by atoms with Crippen LogP contribution in [0.3, 0.4) is 0 Å². The van der Waals surface area contributed by atoms with Crippen LogP contribution < -0.4 is 0 Å². The lowest BCUT2D eigenvalue weighted by Crippen LogP contribution is -2.17. The molecule has 0 saturated heterocycles. The summed E-state index contributed by atoms with van der Waals surface area (Å²) in [6.45, 7) is 2.77. The van der Waals surface area contributed by atoms with Crippen molar-refractivity contribution >= 4 is 11.6 Å². The van der Waals surface area contributed by atoms with Crippen molar-refractivity contribution < 1.29 is 18.3 Å². The van der Waals surface area contributed by atoms with Gasteiger partial charge in [0.1, 0.15) is 0 Å². The van der Waals surface area contributed by atoms with Gasteiger partial charge in [-0.25, -0.2) is 0 Å². The Morgan fingerprint density at radius 2 is 1.73 bits per heavy atom. The number of halogens is 4. The lowest BCUT2D eigenvalue weighted by molar-refractivity contribution is -0.137. The standard InChI is InChI=1S/C10H10ClF3O/c1-9(2,15)7-5-6(10(12,13)14)3-4-8(7)11/h3-5,15H,1-2H3. The molecule has 0 saturated carbocycles. The molecule has 84 valence electrons. The first-order valence-corrected chi connectivity index (χ1v) is 4.60. The van der Waals surface area contributed by atoms with Crippen molar-refractivity contribution in [3.05, 3.63) is 34.3 Å². The minimum atomic E-state index is -4.43. The Kier molecular flexibility index (Phi) is 3.03. The molecular weight excluding hydrogens is 229 g/mol. The Morgan fingerprint density at radius 1 is 1.20 bits per heavy atom. The molecule has 1 N–H and O–H groups in total. The van der Waals surface area contributed by atoms with Crippen molar-refractivity contribution in [3.63, 3.8) is 0 Å². The van der Waals surface area contributed by atoms with Crippen molar-refractivity contribution in [2.24, 2.45) is 0 Å². The molecule has 0 bridgehead atoms. The highest BCUT2D eigenvalue weighted by atomic mass is 35.5. The third-order valence-electron chi connectivity index (χ3n) is 1.95. The molecule has 0 aliphatic rings. The summed E-state index contributed by atoms with van der Waals surface area (Å²) in [5.74, 6) is 0. The van der Waals surface area contributed by atoms with Crippen LogP contribution in [-0.4, -0.2) is 5.11 Å². The Bertz CT molecular complexity index is 366. The summed E-state index contributed by atoms with van der Waals surface area (Å²) < 4.78 is 37.1. The molecule has 5 heteroatoms. The zero-order chi connectivity index (χ0) is 11.9. The highest BCUT2D eigenvalue weighted by molar-refractivity contribution is 6.31. The molecule has 0 unspecified atom stereocenters. The Balaban J connectivity index is 3.30. The van der Waals surface area contributed by atoms with Crippen molar-refractivity contribution in [3.8, 4) is 0 Å². The van der Waals surface area contributed by atoms with Crippen molar-refractivity contribution in [1.29, 1.82) is 0 Å². The normalized spacial score (nSPS) is 13.0. The highest BCUT2D eigenvalue weighted by Gasteiger charge is 2.32. The van der Waals surface area contributed by atoms with E-state index in [1.165, 1.54) is 13.8 Å². The number of aliphatic hydroxyl groups is 1. The number of hydrogen-bond donors (Lipinski definition) is 1. The van der Waals surface area contributed by atoms with Gasteiger partial charge in [-0.1, -0.05) is 11.6 Å². The number of benzene rings is 1. The van der Waals surface area contributed by atoms with Gasteiger partial charge in [0.15, 0.2) is 0 Å². The highest BCUT2D eigenvalue weighted by Crippen LogP contribution is 2.35. The molecule has 0 aromatic heterocycles. The summed E-state index contributed by atoms with van der Waals surface area (Å²) >= 11 is 5.70. The Morgan fingerprint density at radius 3 is 2.13 bits per heavy atom. The first kappa shape index (κ1) is 12.3. The summed E-state index contributed by atoms with van der Waals surface area (Å²) in [6.07, 6.45) is -4.43. The second-order valence-corrected chi connectivity index (χ2v) is 4.16. The van der Waals surface area contributed by atoms with E-state index in [2.05, 4.69) is 0 Å². The van der Waals surface area contributed by atoms with Gasteiger partial charge in [-0.05, 0) is 32.0 Å². The van der Waals surface area contributed by atoms with Gasteiger partial charge >= 0.3 is 6.18 Å². The van der Waals surface area contributed by atoms with Crippen LogP contribution in [0, 0.1) is 0 Å². The van der Waals surface area contributed by atoms with Crippen LogP contribution in [0.25, 0.3) is 0 Å². The number of rotatable bonds is 1. The fraction of sp³-hybridized carbons (Fsp3) is 0.400. The fourth-order valence-electron chi connectivity index (χ4n) is 1.17. The van der Waals surface area contributed by atoms with Gasteiger partial charge < -0.3 is 5.11 Å². The Labute approximate surface area is 90.5 Å². The molecule has 1 aromatic carbocycles. The van der Waals surface area contributed by atoms with E-state index < -0.39 is 17.3 Å². The SMILES string of the molecule is CC(C)(O)c1cc(C(F)(F)F)ccc1Cl. The van der Waals surface area contributed by atoms with Crippen molar-refractivity contribution in [2.45, 2.75) is 25.6 Å². The molecule has 0 amide bonds. The average Bonchev–Trinajstić information content (AvgIpc) is 2.00. The lowest BCUT2D eigenvalue weighted by atomic mass is 9.96. The summed E-state index contributed by atoms with van der Waals surface area (Å²) in [6, 6.07) is 2.89. The molecule has 1 aromatic rings. The molecule has 0 aliphatic heterocycles. The van der Waals surface area contributed by atoms with Crippen molar-refractivity contribution in [2.75, 3.05) is 0 Å². The molecule has 0 heterocycles. The smallest absolute Gasteiger partial charge is 0.386 e. The van der Waals surface area contributed by atoms with E-state index in [0.717, 1.165) is 18.2 Å². The van der Waals surface area contributed by atoms with Crippen LogP contribution in [0.4, 0.5) is 13.2 Å². The molecule has 0 atom stereocenters. The van der Waals surface area contributed by atoms with Gasteiger partial charge in [-0.2, -0.15) is 13.2 Å². The summed E-state index contributed by atoms with van der Waals surface area (Å²) in [7, 11) is 0. The molecule has 1 nitrogen and oxygen atoms in total. The van der Waals surface area contributed by atoms with Gasteiger partial charge in [0, 0.05) is 10.6 Å². The predicted octanol–water partition coefficient (Wildman–Crippen LogP) is 3.59. The largest absolute Gasteiger partial charge is 0.416 e. The van der Waals surface area contributed by atoms with E-state index >= 15 is 0 Å². The van der Waals surface area contributed by atoms with E-state index in [1.54, 1.807) is 0 Å². The molecule has 1 rings (SSSR count). The number of alkyl halides is 3. The average molecular weight is 239 g/mol. The molecule has 0 radical (unpaired) electrons. The monoisotopic (exact) mass is 238 g/mol. The minimum Gasteiger partial charge on any atom is -0.386 e. The molecule has 0 spiro atoms. The Hall–Kier alpha value is -0.740. The van der Waals surface area contributed by atoms with Gasteiger partial charge in [-0.3, -0.25) is 0 Å². The van der Waals surface area contributed by atoms with Gasteiger partial charge in [-0.15, -0.1) is 0 Å². The maximum absolute atomic E-state index is 12.4. The summed E-state index contributed by atoms with van der Waals surface area (Å²) in [5, 5.41) is 9.73. The second-order valence-electron chi connectivity index (χ2n) is 3.75. The molecule has 0 aliphatic carbocycles. The fourth-order valence-corrected chi connectivity index (χ4v) is 1.52. The second kappa shape index (κ2) is 3.68. The molecule has 0 fully saturated rings. The van der Waals surface area contributed by atoms with Gasteiger partial charge in [0.25, 0.3) is 0 Å². The lowest BCUT2D eigenvalue weighted by Gasteiger charge is -2.20. The molecule has 15 heavy (non-hydrogen) atoms. The van der Waals surface area contributed by atoms with Gasteiger partial charge in [0.2, 0.25) is 0 Å². The van der Waals surface area contributed by atoms with Gasteiger partial charge in [0.05, 0.1) is 11.2 Å². The van der Waals surface area contributed by atoms with E-state index in [9.17, 15) is 18.3 Å². The van der Waals surface area contributed by atoms with Crippen LogP contribution in [0.2, 0.25) is 5.02 Å². The molecular formula is C10H10ClF3O. The van der Waals surface area contributed by atoms with Crippen molar-refractivity contribution in [1.82, 2.24) is 0 Å². The minimum absolute atomic E-state index is 0.0685.